The molecule has 0 aliphatic rings. The molecule has 0 unspecified atom stereocenters. The van der Waals surface area contributed by atoms with Gasteiger partial charge >= 0.3 is 12.1 Å². The SMILES string of the molecule is O=C(O)c1ccnc(C(F)(F)F)c1-c1cc(Cl)c(Cl)c(Cl)c1. The smallest absolute Gasteiger partial charge is 0.433 e. The molecule has 0 saturated heterocycles. The highest BCUT2D eigenvalue weighted by atomic mass is 35.5. The van der Waals surface area contributed by atoms with E-state index in [1.165, 1.54) is 0 Å². The maximum atomic E-state index is 13.1. The monoisotopic (exact) mass is 369 g/mol. The van der Waals surface area contributed by atoms with Crippen LogP contribution in [-0.2, 0) is 6.18 Å². The zero-order valence-corrected chi connectivity index (χ0v) is 12.6. The first-order valence-electron chi connectivity index (χ1n) is 5.57. The van der Waals surface area contributed by atoms with E-state index in [0.29, 0.717) is 0 Å². The first-order valence-corrected chi connectivity index (χ1v) is 6.70. The molecular formula is C13H5Cl3F3NO2. The van der Waals surface area contributed by atoms with Gasteiger partial charge in [-0.2, -0.15) is 13.2 Å². The Labute approximate surface area is 137 Å². The Hall–Kier alpha value is -1.50. The zero-order valence-electron chi connectivity index (χ0n) is 10.4. The topological polar surface area (TPSA) is 50.2 Å². The first kappa shape index (κ1) is 16.9. The van der Waals surface area contributed by atoms with E-state index in [1.54, 1.807) is 0 Å². The number of nitrogens with zero attached hydrogens (tertiary/aromatic N) is 1. The molecule has 116 valence electrons. The molecule has 1 heterocycles. The summed E-state index contributed by atoms with van der Waals surface area (Å²) in [4.78, 5) is 14.5. The number of carboxylic acids is 1. The van der Waals surface area contributed by atoms with Gasteiger partial charge in [0.25, 0.3) is 0 Å². The summed E-state index contributed by atoms with van der Waals surface area (Å²) in [6.07, 6.45) is -4.08. The Bertz CT molecular complexity index is 740. The van der Waals surface area contributed by atoms with Crippen LogP contribution in [0.2, 0.25) is 15.1 Å². The Morgan fingerprint density at radius 1 is 1.14 bits per heavy atom. The van der Waals surface area contributed by atoms with E-state index < -0.39 is 29.0 Å². The van der Waals surface area contributed by atoms with Crippen LogP contribution in [0, 0.1) is 0 Å². The van der Waals surface area contributed by atoms with Crippen molar-refractivity contribution in [3.63, 3.8) is 0 Å². The number of hydrogen-bond donors (Lipinski definition) is 1. The summed E-state index contributed by atoms with van der Waals surface area (Å²) in [6, 6.07) is 3.17. The van der Waals surface area contributed by atoms with Crippen LogP contribution < -0.4 is 0 Å². The predicted molar refractivity (Wildman–Crippen MR) is 76.7 cm³/mol. The molecule has 0 radical (unpaired) electrons. The molecule has 1 aromatic heterocycles. The van der Waals surface area contributed by atoms with E-state index >= 15 is 0 Å². The summed E-state index contributed by atoms with van der Waals surface area (Å²) in [7, 11) is 0. The van der Waals surface area contributed by atoms with Gasteiger partial charge < -0.3 is 5.11 Å². The molecule has 3 nitrogen and oxygen atoms in total. The van der Waals surface area contributed by atoms with E-state index in [1.807, 2.05) is 0 Å². The largest absolute Gasteiger partial charge is 0.478 e. The lowest BCUT2D eigenvalue weighted by Crippen LogP contribution is -2.13. The van der Waals surface area contributed by atoms with Crippen LogP contribution in [-0.4, -0.2) is 16.1 Å². The third kappa shape index (κ3) is 3.14. The van der Waals surface area contributed by atoms with Crippen molar-refractivity contribution >= 4 is 40.8 Å². The standard InChI is InChI=1S/C13H5Cl3F3NO2/c14-7-3-5(4-8(15)10(7)16)9-6(12(21)22)1-2-20-11(9)13(17,18)19/h1-4H,(H,21,22). The molecule has 1 N–H and O–H groups in total. The average Bonchev–Trinajstić information content (AvgIpc) is 2.42. The van der Waals surface area contributed by atoms with E-state index in [2.05, 4.69) is 4.98 Å². The van der Waals surface area contributed by atoms with Gasteiger partial charge in [0.2, 0.25) is 0 Å². The fraction of sp³-hybridized carbons (Fsp3) is 0.0769. The second-order valence-electron chi connectivity index (χ2n) is 4.14. The zero-order chi connectivity index (χ0) is 16.7. The highest BCUT2D eigenvalue weighted by Crippen LogP contribution is 2.41. The molecule has 2 aromatic rings. The molecule has 9 heteroatoms. The van der Waals surface area contributed by atoms with E-state index in [0.717, 1.165) is 24.4 Å². The first-order chi connectivity index (χ1) is 10.1. The van der Waals surface area contributed by atoms with Gasteiger partial charge in [0.05, 0.1) is 20.6 Å². The normalized spacial score (nSPS) is 11.5. The number of aromatic carboxylic acids is 1. The number of rotatable bonds is 2. The number of carboxylic acid groups (broad SMARTS) is 1. The van der Waals surface area contributed by atoms with Crippen molar-refractivity contribution in [2.24, 2.45) is 0 Å². The van der Waals surface area contributed by atoms with E-state index in [9.17, 15) is 18.0 Å². The summed E-state index contributed by atoms with van der Waals surface area (Å²) < 4.78 is 39.3. The summed E-state index contributed by atoms with van der Waals surface area (Å²) in [5, 5.41) is 8.88. The van der Waals surface area contributed by atoms with Crippen molar-refractivity contribution in [2.45, 2.75) is 6.18 Å². The van der Waals surface area contributed by atoms with Gasteiger partial charge in [0.1, 0.15) is 0 Å². The van der Waals surface area contributed by atoms with Crippen molar-refractivity contribution in [2.75, 3.05) is 0 Å². The number of benzene rings is 1. The lowest BCUT2D eigenvalue weighted by atomic mass is 9.98. The maximum Gasteiger partial charge on any atom is 0.433 e. The van der Waals surface area contributed by atoms with Crippen molar-refractivity contribution in [1.29, 1.82) is 0 Å². The van der Waals surface area contributed by atoms with Crippen molar-refractivity contribution in [3.8, 4) is 11.1 Å². The lowest BCUT2D eigenvalue weighted by Gasteiger charge is -2.15. The summed E-state index contributed by atoms with van der Waals surface area (Å²) in [5.41, 5.74) is -2.68. The molecule has 0 aliphatic carbocycles. The fourth-order valence-electron chi connectivity index (χ4n) is 1.85. The minimum Gasteiger partial charge on any atom is -0.478 e. The molecule has 0 spiro atoms. The predicted octanol–water partition coefficient (Wildman–Crippen LogP) is 5.43. The van der Waals surface area contributed by atoms with Crippen molar-refractivity contribution in [3.05, 3.63) is 50.7 Å². The Kier molecular flexibility index (Phi) is 4.56. The van der Waals surface area contributed by atoms with Gasteiger partial charge in [-0.1, -0.05) is 34.8 Å². The molecule has 2 rings (SSSR count). The number of hydrogen-bond acceptors (Lipinski definition) is 2. The number of aromatic nitrogens is 1. The van der Waals surface area contributed by atoms with Gasteiger partial charge in [0.15, 0.2) is 5.69 Å². The number of alkyl halides is 3. The number of carbonyl (C=O) groups is 1. The number of halogens is 6. The third-order valence-corrected chi connectivity index (χ3v) is 3.92. The van der Waals surface area contributed by atoms with Crippen LogP contribution in [0.3, 0.4) is 0 Å². The summed E-state index contributed by atoms with van der Waals surface area (Å²) >= 11 is 17.4. The second-order valence-corrected chi connectivity index (χ2v) is 5.33. The van der Waals surface area contributed by atoms with Crippen LogP contribution in [0.4, 0.5) is 13.2 Å². The minimum atomic E-state index is -4.85. The molecular weight excluding hydrogens is 366 g/mol. The average molecular weight is 371 g/mol. The van der Waals surface area contributed by atoms with Crippen LogP contribution in [0.15, 0.2) is 24.4 Å². The molecule has 1 aromatic carbocycles. The third-order valence-electron chi connectivity index (χ3n) is 2.72. The molecule has 0 saturated carbocycles. The van der Waals surface area contributed by atoms with Crippen LogP contribution in [0.1, 0.15) is 16.1 Å². The molecule has 0 fully saturated rings. The summed E-state index contributed by atoms with van der Waals surface area (Å²) in [6.45, 7) is 0. The molecule has 0 amide bonds. The minimum absolute atomic E-state index is 0.0404. The Morgan fingerprint density at radius 3 is 2.14 bits per heavy atom. The van der Waals surface area contributed by atoms with Gasteiger partial charge in [-0.3, -0.25) is 4.98 Å². The van der Waals surface area contributed by atoms with E-state index in [-0.39, 0.29) is 20.6 Å². The highest BCUT2D eigenvalue weighted by Gasteiger charge is 2.37. The lowest BCUT2D eigenvalue weighted by molar-refractivity contribution is -0.140. The van der Waals surface area contributed by atoms with E-state index in [4.69, 9.17) is 39.9 Å². The fourth-order valence-corrected chi connectivity index (χ4v) is 2.44. The molecule has 0 aliphatic heterocycles. The Morgan fingerprint density at radius 2 is 1.68 bits per heavy atom. The van der Waals surface area contributed by atoms with Gasteiger partial charge in [-0.05, 0) is 23.8 Å². The van der Waals surface area contributed by atoms with Crippen LogP contribution in [0.25, 0.3) is 11.1 Å². The molecule has 0 atom stereocenters. The summed E-state index contributed by atoms with van der Waals surface area (Å²) in [5.74, 6) is -1.54. The van der Waals surface area contributed by atoms with Gasteiger partial charge in [0, 0.05) is 11.8 Å². The van der Waals surface area contributed by atoms with Gasteiger partial charge in [-0.25, -0.2) is 4.79 Å². The Balaban J connectivity index is 2.86. The maximum absolute atomic E-state index is 13.1. The molecule has 22 heavy (non-hydrogen) atoms. The number of pyridine rings is 1. The highest BCUT2D eigenvalue weighted by molar-refractivity contribution is 6.48. The van der Waals surface area contributed by atoms with Crippen molar-refractivity contribution < 1.29 is 23.1 Å². The van der Waals surface area contributed by atoms with Crippen LogP contribution >= 0.6 is 34.8 Å². The van der Waals surface area contributed by atoms with Crippen molar-refractivity contribution in [1.82, 2.24) is 4.98 Å². The second kappa shape index (κ2) is 5.95. The van der Waals surface area contributed by atoms with Crippen LogP contribution in [0.5, 0.6) is 0 Å². The molecule has 0 bridgehead atoms. The van der Waals surface area contributed by atoms with Gasteiger partial charge in [-0.15, -0.1) is 0 Å². The quantitative estimate of drug-likeness (QED) is 0.718.